The topological polar surface area (TPSA) is 51.2 Å². The van der Waals surface area contributed by atoms with E-state index in [0.29, 0.717) is 0 Å². The summed E-state index contributed by atoms with van der Waals surface area (Å²) in [6.07, 6.45) is 23.7. The average molecular weight is 373 g/mol. The molecule has 0 aromatic rings. The molecule has 0 aromatic carbocycles. The van der Waals surface area contributed by atoms with E-state index >= 15 is 0 Å². The smallest absolute Gasteiger partial charge is 0.281 e. The van der Waals surface area contributed by atoms with Crippen LogP contribution in [0.1, 0.15) is 84.0 Å². The van der Waals surface area contributed by atoms with Gasteiger partial charge in [0.15, 0.2) is 0 Å². The van der Waals surface area contributed by atoms with Crippen LogP contribution < -0.4 is 0 Å². The van der Waals surface area contributed by atoms with Gasteiger partial charge >= 0.3 is 0 Å². The number of unbranched alkanes of at least 4 members (excludes halogenated alkanes) is 9. The third-order valence-electron chi connectivity index (χ3n) is 3.70. The van der Waals surface area contributed by atoms with E-state index in [9.17, 15) is 0 Å². The van der Waals surface area contributed by atoms with Crippen LogP contribution in [0.2, 0.25) is 0 Å². The summed E-state index contributed by atoms with van der Waals surface area (Å²) in [6, 6.07) is 0. The molecule has 0 aliphatic heterocycles. The molecular weight excluding hydrogens is 343 g/mol. The first kappa shape index (κ1) is 30.8. The Morgan fingerprint density at radius 2 is 1.17 bits per heavy atom. The summed E-state index contributed by atoms with van der Waals surface area (Å²) in [5, 5.41) is 0. The van der Waals surface area contributed by atoms with E-state index < -0.39 is 0 Å². The van der Waals surface area contributed by atoms with E-state index in [1.807, 2.05) is 0 Å². The van der Waals surface area contributed by atoms with Gasteiger partial charge in [0.1, 0.15) is 0 Å². The Balaban J connectivity index is -0.000000256. The van der Waals surface area contributed by atoms with Crippen LogP contribution in [0.25, 0.3) is 0 Å². The average Bonchev–Trinajstić information content (AvgIpc) is 3.15. The van der Waals surface area contributed by atoms with E-state index in [2.05, 4.69) is 45.5 Å². The van der Waals surface area contributed by atoms with E-state index in [1.54, 1.807) is 5.57 Å². The maximum atomic E-state index is 7.50. The molecule has 0 spiro atoms. The van der Waals surface area contributed by atoms with Crippen LogP contribution in [-0.4, -0.2) is 20.4 Å². The second kappa shape index (κ2) is 33.6. The molecule has 1 rings (SSSR count). The monoisotopic (exact) mass is 373 g/mol. The molecule has 0 saturated carbocycles. The van der Waals surface area contributed by atoms with E-state index in [1.165, 1.54) is 77.0 Å². The Hall–Kier alpha value is -0.991. The molecule has 0 atom stereocenters. The molecule has 0 heterocycles. The fourth-order valence-electron chi connectivity index (χ4n) is 2.52. The zero-order valence-corrected chi connectivity index (χ0v) is 16.0. The van der Waals surface area contributed by atoms with Crippen LogP contribution in [0, 0.1) is 0 Å². The van der Waals surface area contributed by atoms with E-state index in [4.69, 9.17) is 14.4 Å². The molecule has 0 saturated heterocycles. The summed E-state index contributed by atoms with van der Waals surface area (Å²) in [6.45, 7) is 15.8. The summed E-state index contributed by atoms with van der Waals surface area (Å²) >= 11 is 0. The second-order valence-corrected chi connectivity index (χ2v) is 5.39. The standard InChI is InChI=1S/C17H30.3CO.Mn/c1-2-3-4-5-6-7-8-9-10-11-14-17-15-12-13-16-17;3*1-2;/h12-13,15H,2-11,14,16H2,1H3;;;;. The van der Waals surface area contributed by atoms with E-state index in [0.717, 1.165) is 0 Å². The van der Waals surface area contributed by atoms with Crippen molar-refractivity contribution in [2.45, 2.75) is 84.0 Å². The minimum atomic E-state index is 0. The number of hydrogen-bond donors (Lipinski definition) is 0. The van der Waals surface area contributed by atoms with Crippen LogP contribution >= 0.6 is 0 Å². The molecule has 0 amide bonds. The van der Waals surface area contributed by atoms with Gasteiger partial charge in [0.25, 0.3) is 20.4 Å². The fraction of sp³-hybridized carbons (Fsp3) is 0.650. The van der Waals surface area contributed by atoms with Gasteiger partial charge in [0.2, 0.25) is 0 Å². The molecule has 135 valence electrons. The third-order valence-corrected chi connectivity index (χ3v) is 3.70. The predicted octanol–water partition coefficient (Wildman–Crippen LogP) is 4.99. The Morgan fingerprint density at radius 1 is 0.750 bits per heavy atom. The van der Waals surface area contributed by atoms with Gasteiger partial charge in [-0.15, -0.1) is 0 Å². The van der Waals surface area contributed by atoms with Crippen LogP contribution in [0.3, 0.4) is 0 Å². The summed E-state index contributed by atoms with van der Waals surface area (Å²) < 4.78 is 0. The van der Waals surface area contributed by atoms with Crippen molar-refractivity contribution in [3.63, 3.8) is 0 Å². The quantitative estimate of drug-likeness (QED) is 0.379. The van der Waals surface area contributed by atoms with Crippen LogP contribution in [0.4, 0.5) is 0 Å². The SMILES string of the molecule is CCCCCCCCCCCCC1=CC=CC1.[C]=O.[C]=O.[C]=O.[Mn]. The molecule has 24 heavy (non-hydrogen) atoms. The maximum Gasteiger partial charge on any atom is 0.281 e. The molecule has 3 nitrogen and oxygen atoms in total. The first-order valence-corrected chi connectivity index (χ1v) is 8.39. The van der Waals surface area contributed by atoms with Crippen molar-refractivity contribution in [2.24, 2.45) is 0 Å². The van der Waals surface area contributed by atoms with Crippen molar-refractivity contribution in [1.82, 2.24) is 0 Å². The Morgan fingerprint density at radius 3 is 1.54 bits per heavy atom. The molecule has 1 aliphatic rings. The second-order valence-electron chi connectivity index (χ2n) is 5.39. The molecule has 7 radical (unpaired) electrons. The molecule has 0 fully saturated rings. The van der Waals surface area contributed by atoms with Gasteiger partial charge in [-0.2, -0.15) is 0 Å². The molecule has 0 aromatic heterocycles. The van der Waals surface area contributed by atoms with Crippen molar-refractivity contribution < 1.29 is 31.5 Å². The van der Waals surface area contributed by atoms with Gasteiger partial charge in [-0.25, -0.2) is 0 Å². The van der Waals surface area contributed by atoms with Crippen LogP contribution in [0.15, 0.2) is 23.8 Å². The molecule has 0 N–H and O–H groups in total. The van der Waals surface area contributed by atoms with Crippen molar-refractivity contribution in [1.29, 1.82) is 0 Å². The van der Waals surface area contributed by atoms with Gasteiger partial charge in [0.05, 0.1) is 0 Å². The van der Waals surface area contributed by atoms with Gasteiger partial charge in [0, 0.05) is 17.1 Å². The van der Waals surface area contributed by atoms with Gasteiger partial charge in [-0.1, -0.05) is 88.5 Å². The van der Waals surface area contributed by atoms with Crippen molar-refractivity contribution in [3.8, 4) is 0 Å². The molecule has 0 unspecified atom stereocenters. The Bertz CT molecular complexity index is 273. The van der Waals surface area contributed by atoms with Crippen molar-refractivity contribution in [3.05, 3.63) is 23.8 Å². The molecule has 1 aliphatic carbocycles. The maximum absolute atomic E-state index is 7.50. The van der Waals surface area contributed by atoms with Crippen LogP contribution in [-0.2, 0) is 31.5 Å². The minimum Gasteiger partial charge on any atom is -0.281 e. The number of carbonyl (C=O) groups excluding carboxylic acids is 3. The zero-order chi connectivity index (χ0) is 18.2. The van der Waals surface area contributed by atoms with Gasteiger partial charge in [-0.3, -0.25) is 14.4 Å². The Labute approximate surface area is 159 Å². The molecular formula is C20H30MnO3. The molecule has 0 bridgehead atoms. The predicted molar refractivity (Wildman–Crippen MR) is 95.4 cm³/mol. The van der Waals surface area contributed by atoms with Crippen molar-refractivity contribution >= 4 is 20.4 Å². The largest absolute Gasteiger partial charge is 0.281 e. The summed E-state index contributed by atoms with van der Waals surface area (Å²) in [4.78, 5) is 22.5. The first-order chi connectivity index (χ1) is 11.4. The summed E-state index contributed by atoms with van der Waals surface area (Å²) in [7, 11) is 0. The summed E-state index contributed by atoms with van der Waals surface area (Å²) in [5.74, 6) is 0. The Kier molecular flexibility index (Phi) is 43.2. The number of rotatable bonds is 11. The number of allylic oxidation sites excluding steroid dienone is 4. The van der Waals surface area contributed by atoms with Crippen LogP contribution in [0.5, 0.6) is 0 Å². The van der Waals surface area contributed by atoms with Crippen molar-refractivity contribution in [2.75, 3.05) is 0 Å². The fourth-order valence-corrected chi connectivity index (χ4v) is 2.52. The van der Waals surface area contributed by atoms with E-state index in [-0.39, 0.29) is 17.1 Å². The zero-order valence-electron chi connectivity index (χ0n) is 14.8. The number of hydrogen-bond acceptors (Lipinski definition) is 3. The van der Waals surface area contributed by atoms with Gasteiger partial charge in [-0.05, 0) is 19.3 Å². The van der Waals surface area contributed by atoms with Gasteiger partial charge < -0.3 is 0 Å². The minimum absolute atomic E-state index is 0. The normalized spacial score (nSPS) is 10.6. The summed E-state index contributed by atoms with van der Waals surface area (Å²) in [5.41, 5.74) is 1.64. The molecule has 4 heteroatoms. The third kappa shape index (κ3) is 25.9. The first-order valence-electron chi connectivity index (χ1n) is 8.39.